The molecule has 1 fully saturated rings. The van der Waals surface area contributed by atoms with E-state index in [9.17, 15) is 9.59 Å². The lowest BCUT2D eigenvalue weighted by Gasteiger charge is -2.20. The Bertz CT molecular complexity index is 465. The van der Waals surface area contributed by atoms with Crippen molar-refractivity contribution in [3.05, 3.63) is 22.4 Å². The second-order valence-electron chi connectivity index (χ2n) is 4.86. The minimum atomic E-state index is -0.304. The molecule has 1 heterocycles. The van der Waals surface area contributed by atoms with Crippen LogP contribution in [0.3, 0.4) is 0 Å². The van der Waals surface area contributed by atoms with Gasteiger partial charge in [0.1, 0.15) is 0 Å². The Balaban J connectivity index is 1.65. The van der Waals surface area contributed by atoms with Gasteiger partial charge in [0.2, 0.25) is 5.91 Å². The molecule has 2 N–H and O–H groups in total. The van der Waals surface area contributed by atoms with Crippen molar-refractivity contribution in [2.45, 2.75) is 32.1 Å². The summed E-state index contributed by atoms with van der Waals surface area (Å²) < 4.78 is 0. The molecule has 20 heavy (non-hydrogen) atoms. The number of hydrogen-bond donors (Lipinski definition) is 2. The molecule has 0 aliphatic heterocycles. The smallest absolute Gasteiger partial charge is 0.259 e. The van der Waals surface area contributed by atoms with E-state index < -0.39 is 0 Å². The molecular weight excluding hydrogens is 274 g/mol. The molecule has 2 rings (SSSR count). The van der Waals surface area contributed by atoms with E-state index in [0.29, 0.717) is 0 Å². The molecule has 108 valence electrons. The minimum Gasteiger partial charge on any atom is -0.347 e. The molecule has 0 saturated heterocycles. The number of carbonyl (C=O) groups excluding carboxylic acids is 2. The molecule has 0 radical (unpaired) electrons. The van der Waals surface area contributed by atoms with E-state index in [0.717, 1.165) is 30.6 Å². The molecular formula is C14H19N3O2S. The molecule has 0 spiro atoms. The van der Waals surface area contributed by atoms with Gasteiger partial charge >= 0.3 is 0 Å². The highest BCUT2D eigenvalue weighted by Crippen LogP contribution is 2.23. The summed E-state index contributed by atoms with van der Waals surface area (Å²) >= 11 is 1.54. The Morgan fingerprint density at radius 1 is 1.35 bits per heavy atom. The van der Waals surface area contributed by atoms with Crippen LogP contribution in [0.4, 0.5) is 0 Å². The Morgan fingerprint density at radius 3 is 2.85 bits per heavy atom. The average Bonchev–Trinajstić information content (AvgIpc) is 2.99. The lowest BCUT2D eigenvalue weighted by molar-refractivity contribution is -0.129. The molecule has 1 aliphatic rings. The normalized spacial score (nSPS) is 16.2. The van der Waals surface area contributed by atoms with Gasteiger partial charge in [0.25, 0.3) is 5.91 Å². The molecule has 0 unspecified atom stereocenters. The largest absolute Gasteiger partial charge is 0.347 e. The summed E-state index contributed by atoms with van der Waals surface area (Å²) in [6.45, 7) is -0.0168. The van der Waals surface area contributed by atoms with Crippen LogP contribution in [-0.2, 0) is 9.59 Å². The van der Waals surface area contributed by atoms with Gasteiger partial charge in [-0.3, -0.25) is 9.59 Å². The second-order valence-corrected chi connectivity index (χ2v) is 5.84. The summed E-state index contributed by atoms with van der Waals surface area (Å²) in [5, 5.41) is 8.45. The monoisotopic (exact) mass is 293 g/mol. The summed E-state index contributed by atoms with van der Waals surface area (Å²) in [7, 11) is 0. The Labute approximate surface area is 122 Å². The number of carbonyl (C=O) groups is 2. The van der Waals surface area contributed by atoms with Gasteiger partial charge in [-0.05, 0) is 24.3 Å². The van der Waals surface area contributed by atoms with Gasteiger partial charge in [0.15, 0.2) is 0 Å². The van der Waals surface area contributed by atoms with E-state index in [1.807, 2.05) is 17.5 Å². The van der Waals surface area contributed by atoms with E-state index >= 15 is 0 Å². The Kier molecular flexibility index (Phi) is 5.73. The van der Waals surface area contributed by atoms with Crippen LogP contribution >= 0.6 is 11.3 Å². The van der Waals surface area contributed by atoms with E-state index in [2.05, 4.69) is 15.8 Å². The highest BCUT2D eigenvalue weighted by Gasteiger charge is 2.21. The number of hydrogen-bond acceptors (Lipinski definition) is 4. The Hall–Kier alpha value is -1.69. The fourth-order valence-corrected chi connectivity index (χ4v) is 2.83. The maximum absolute atomic E-state index is 11.8. The third-order valence-corrected chi connectivity index (χ3v) is 4.13. The van der Waals surface area contributed by atoms with Crippen molar-refractivity contribution < 1.29 is 9.59 Å². The molecule has 2 amide bonds. The van der Waals surface area contributed by atoms with Crippen LogP contribution in [0.2, 0.25) is 0 Å². The lowest BCUT2D eigenvalue weighted by atomic mass is 9.89. The number of thiophene rings is 1. The predicted octanol–water partition coefficient (Wildman–Crippen LogP) is 1.89. The number of rotatable bonds is 5. The van der Waals surface area contributed by atoms with Gasteiger partial charge in [-0.25, -0.2) is 5.43 Å². The first-order chi connectivity index (χ1) is 9.75. The topological polar surface area (TPSA) is 70.6 Å². The molecule has 0 aromatic carbocycles. The Morgan fingerprint density at radius 2 is 2.15 bits per heavy atom. The lowest BCUT2D eigenvalue weighted by Crippen LogP contribution is -2.38. The van der Waals surface area contributed by atoms with Crippen LogP contribution in [0.1, 0.15) is 37.0 Å². The molecule has 5 nitrogen and oxygen atoms in total. The van der Waals surface area contributed by atoms with Crippen LogP contribution < -0.4 is 10.7 Å². The van der Waals surface area contributed by atoms with Crippen molar-refractivity contribution in [2.24, 2.45) is 11.0 Å². The first kappa shape index (κ1) is 14.7. The SMILES string of the molecule is O=C(CNC(=O)C1CCCCC1)NN=Cc1cccs1. The van der Waals surface area contributed by atoms with E-state index in [4.69, 9.17) is 0 Å². The third kappa shape index (κ3) is 4.77. The minimum absolute atomic E-state index is 0.0120. The van der Waals surface area contributed by atoms with Crippen LogP contribution in [-0.4, -0.2) is 24.6 Å². The van der Waals surface area contributed by atoms with Crippen molar-refractivity contribution in [1.82, 2.24) is 10.7 Å². The maximum atomic E-state index is 11.8. The van der Waals surface area contributed by atoms with Crippen molar-refractivity contribution in [3.8, 4) is 0 Å². The number of amides is 2. The maximum Gasteiger partial charge on any atom is 0.259 e. The van der Waals surface area contributed by atoms with Gasteiger partial charge in [-0.1, -0.05) is 25.3 Å². The predicted molar refractivity (Wildman–Crippen MR) is 79.6 cm³/mol. The van der Waals surface area contributed by atoms with Gasteiger partial charge in [0.05, 0.1) is 12.8 Å². The van der Waals surface area contributed by atoms with Crippen molar-refractivity contribution in [3.63, 3.8) is 0 Å². The fraction of sp³-hybridized carbons (Fsp3) is 0.500. The van der Waals surface area contributed by atoms with Crippen LogP contribution in [0.15, 0.2) is 22.6 Å². The second kappa shape index (κ2) is 7.79. The van der Waals surface area contributed by atoms with E-state index in [1.54, 1.807) is 17.6 Å². The zero-order valence-electron chi connectivity index (χ0n) is 11.3. The average molecular weight is 293 g/mol. The van der Waals surface area contributed by atoms with Gasteiger partial charge in [-0.2, -0.15) is 5.10 Å². The van der Waals surface area contributed by atoms with Crippen molar-refractivity contribution >= 4 is 29.4 Å². The van der Waals surface area contributed by atoms with Crippen molar-refractivity contribution in [1.29, 1.82) is 0 Å². The summed E-state index contributed by atoms with van der Waals surface area (Å²) in [5.74, 6) is -0.241. The highest BCUT2D eigenvalue weighted by molar-refractivity contribution is 7.11. The molecule has 1 aromatic rings. The molecule has 6 heteroatoms. The summed E-state index contributed by atoms with van der Waals surface area (Å²) in [6.07, 6.45) is 6.88. The van der Waals surface area contributed by atoms with E-state index in [1.165, 1.54) is 6.42 Å². The van der Waals surface area contributed by atoms with Gasteiger partial charge in [0, 0.05) is 10.8 Å². The molecule has 0 atom stereocenters. The highest BCUT2D eigenvalue weighted by atomic mass is 32.1. The summed E-state index contributed by atoms with van der Waals surface area (Å²) in [6, 6.07) is 3.82. The molecule has 1 aromatic heterocycles. The standard InChI is InChI=1S/C14H19N3O2S/c18-13(17-16-9-12-7-4-8-20-12)10-15-14(19)11-5-2-1-3-6-11/h4,7-9,11H,1-3,5-6,10H2,(H,15,19)(H,17,18). The van der Waals surface area contributed by atoms with Crippen LogP contribution in [0, 0.1) is 5.92 Å². The van der Waals surface area contributed by atoms with Gasteiger partial charge < -0.3 is 5.32 Å². The number of nitrogens with one attached hydrogen (secondary N) is 2. The van der Waals surface area contributed by atoms with Crippen LogP contribution in [0.5, 0.6) is 0 Å². The van der Waals surface area contributed by atoms with Crippen molar-refractivity contribution in [2.75, 3.05) is 6.54 Å². The first-order valence-electron chi connectivity index (χ1n) is 6.89. The number of nitrogens with zero attached hydrogens (tertiary/aromatic N) is 1. The summed E-state index contributed by atoms with van der Waals surface area (Å²) in [4.78, 5) is 24.3. The zero-order valence-corrected chi connectivity index (χ0v) is 12.1. The third-order valence-electron chi connectivity index (χ3n) is 3.32. The molecule has 1 saturated carbocycles. The quantitative estimate of drug-likeness (QED) is 0.643. The van der Waals surface area contributed by atoms with Gasteiger partial charge in [-0.15, -0.1) is 11.3 Å². The zero-order chi connectivity index (χ0) is 14.2. The fourth-order valence-electron chi connectivity index (χ4n) is 2.25. The first-order valence-corrected chi connectivity index (χ1v) is 7.77. The molecule has 0 bridgehead atoms. The number of hydrazone groups is 1. The van der Waals surface area contributed by atoms with Crippen LogP contribution in [0.25, 0.3) is 0 Å². The summed E-state index contributed by atoms with van der Waals surface area (Å²) in [5.41, 5.74) is 2.40. The molecule has 1 aliphatic carbocycles. The van der Waals surface area contributed by atoms with E-state index in [-0.39, 0.29) is 24.3 Å².